The molecule has 0 saturated carbocycles. The van der Waals surface area contributed by atoms with Gasteiger partial charge in [-0.15, -0.1) is 0 Å². The summed E-state index contributed by atoms with van der Waals surface area (Å²) in [5, 5.41) is 9.29. The average molecular weight is 263 g/mol. The van der Waals surface area contributed by atoms with Gasteiger partial charge in [-0.2, -0.15) is 0 Å². The Morgan fingerprint density at radius 3 is 2.84 bits per heavy atom. The van der Waals surface area contributed by atoms with E-state index in [0.717, 1.165) is 12.0 Å². The van der Waals surface area contributed by atoms with Crippen LogP contribution >= 0.6 is 0 Å². The van der Waals surface area contributed by atoms with Crippen LogP contribution in [0.4, 0.5) is 4.79 Å². The molecule has 0 spiro atoms. The second-order valence-electron chi connectivity index (χ2n) is 5.19. The molecule has 1 aromatic rings. The standard InChI is InChI=1S/C15H21NO3/c1-12-7-8-16(9-14(12)10-17)15(18)19-11-13-5-3-2-4-6-13/h2-6,12,14,17H,7-11H2,1H3/t12-,14-/m0/s1. The summed E-state index contributed by atoms with van der Waals surface area (Å²) in [5.41, 5.74) is 0.986. The lowest BCUT2D eigenvalue weighted by Gasteiger charge is -2.35. The van der Waals surface area contributed by atoms with Gasteiger partial charge in [0.25, 0.3) is 0 Å². The molecule has 1 saturated heterocycles. The lowest BCUT2D eigenvalue weighted by Crippen LogP contribution is -2.44. The molecule has 1 amide bonds. The van der Waals surface area contributed by atoms with E-state index in [9.17, 15) is 9.90 Å². The Hall–Kier alpha value is -1.55. The van der Waals surface area contributed by atoms with Crippen molar-refractivity contribution >= 4 is 6.09 Å². The van der Waals surface area contributed by atoms with Gasteiger partial charge in [0.1, 0.15) is 6.61 Å². The number of hydrogen-bond donors (Lipinski definition) is 1. The zero-order chi connectivity index (χ0) is 13.7. The van der Waals surface area contributed by atoms with Gasteiger partial charge in [0.15, 0.2) is 0 Å². The van der Waals surface area contributed by atoms with Crippen LogP contribution in [0, 0.1) is 11.8 Å². The van der Waals surface area contributed by atoms with Gasteiger partial charge in [0.05, 0.1) is 0 Å². The summed E-state index contributed by atoms with van der Waals surface area (Å²) in [6, 6.07) is 9.65. The van der Waals surface area contributed by atoms with Crippen LogP contribution in [0.5, 0.6) is 0 Å². The van der Waals surface area contributed by atoms with Crippen LogP contribution < -0.4 is 0 Å². The monoisotopic (exact) mass is 263 g/mol. The minimum Gasteiger partial charge on any atom is -0.445 e. The molecule has 1 aliphatic heterocycles. The topological polar surface area (TPSA) is 49.8 Å². The van der Waals surface area contributed by atoms with Crippen molar-refractivity contribution in [2.45, 2.75) is 20.0 Å². The number of amides is 1. The molecule has 1 aliphatic rings. The lowest BCUT2D eigenvalue weighted by atomic mass is 9.88. The quantitative estimate of drug-likeness (QED) is 0.910. The predicted octanol–water partition coefficient (Wildman–Crippen LogP) is 2.27. The summed E-state index contributed by atoms with van der Waals surface area (Å²) < 4.78 is 5.30. The van der Waals surface area contributed by atoms with Gasteiger partial charge in [-0.25, -0.2) is 4.79 Å². The van der Waals surface area contributed by atoms with E-state index >= 15 is 0 Å². The molecule has 0 aliphatic carbocycles. The molecule has 104 valence electrons. The van der Waals surface area contributed by atoms with Crippen molar-refractivity contribution in [3.8, 4) is 0 Å². The molecule has 0 bridgehead atoms. The maximum absolute atomic E-state index is 12.0. The summed E-state index contributed by atoms with van der Waals surface area (Å²) >= 11 is 0. The number of ether oxygens (including phenoxy) is 1. The van der Waals surface area contributed by atoms with E-state index in [0.29, 0.717) is 25.6 Å². The minimum absolute atomic E-state index is 0.129. The largest absolute Gasteiger partial charge is 0.445 e. The van der Waals surface area contributed by atoms with Gasteiger partial charge >= 0.3 is 6.09 Å². The second kappa shape index (κ2) is 6.57. The van der Waals surface area contributed by atoms with Crippen LogP contribution in [0.15, 0.2) is 30.3 Å². The molecule has 0 aromatic heterocycles. The normalized spacial score (nSPS) is 23.2. The fourth-order valence-electron chi connectivity index (χ4n) is 2.36. The summed E-state index contributed by atoms with van der Waals surface area (Å²) in [7, 11) is 0. The van der Waals surface area contributed by atoms with Crippen LogP contribution in [0.1, 0.15) is 18.9 Å². The molecule has 1 N–H and O–H groups in total. The van der Waals surface area contributed by atoms with Gasteiger partial charge in [-0.05, 0) is 17.9 Å². The smallest absolute Gasteiger partial charge is 0.410 e. The highest BCUT2D eigenvalue weighted by atomic mass is 16.6. The van der Waals surface area contributed by atoms with E-state index in [4.69, 9.17) is 4.74 Å². The Labute approximate surface area is 114 Å². The number of aliphatic hydroxyl groups excluding tert-OH is 1. The number of hydrogen-bond acceptors (Lipinski definition) is 3. The van der Waals surface area contributed by atoms with Crippen LogP contribution in [0.25, 0.3) is 0 Å². The Balaban J connectivity index is 1.83. The number of carbonyl (C=O) groups excluding carboxylic acids is 1. The zero-order valence-electron chi connectivity index (χ0n) is 11.3. The van der Waals surface area contributed by atoms with Crippen molar-refractivity contribution in [3.05, 3.63) is 35.9 Å². The van der Waals surface area contributed by atoms with Gasteiger partial charge in [0, 0.05) is 25.6 Å². The van der Waals surface area contributed by atoms with E-state index in [-0.39, 0.29) is 18.6 Å². The third-order valence-electron chi connectivity index (χ3n) is 3.81. The second-order valence-corrected chi connectivity index (χ2v) is 5.19. The van der Waals surface area contributed by atoms with Gasteiger partial charge in [0.2, 0.25) is 0 Å². The molecule has 0 unspecified atom stereocenters. The number of carbonyl (C=O) groups is 1. The number of benzene rings is 1. The van der Waals surface area contributed by atoms with Crippen molar-refractivity contribution in [2.24, 2.45) is 11.8 Å². The Bertz CT molecular complexity index is 407. The van der Waals surface area contributed by atoms with E-state index in [1.807, 2.05) is 30.3 Å². The number of aliphatic hydroxyl groups is 1. The van der Waals surface area contributed by atoms with Crippen molar-refractivity contribution in [1.82, 2.24) is 4.90 Å². The SMILES string of the molecule is C[C@H]1CCN(C(=O)OCc2ccccc2)C[C@H]1CO. The first-order chi connectivity index (χ1) is 9.20. The molecule has 1 aromatic carbocycles. The highest BCUT2D eigenvalue weighted by Crippen LogP contribution is 2.23. The molecular weight excluding hydrogens is 242 g/mol. The third kappa shape index (κ3) is 3.70. The number of likely N-dealkylation sites (tertiary alicyclic amines) is 1. The van der Waals surface area contributed by atoms with Crippen molar-refractivity contribution < 1.29 is 14.6 Å². The third-order valence-corrected chi connectivity index (χ3v) is 3.81. The first-order valence-corrected chi connectivity index (χ1v) is 6.77. The molecule has 1 heterocycles. The van der Waals surface area contributed by atoms with E-state index in [1.165, 1.54) is 0 Å². The summed E-state index contributed by atoms with van der Waals surface area (Å²) in [6.07, 6.45) is 0.639. The summed E-state index contributed by atoms with van der Waals surface area (Å²) in [5.74, 6) is 0.626. The van der Waals surface area contributed by atoms with E-state index in [1.54, 1.807) is 4.90 Å². The van der Waals surface area contributed by atoms with Crippen molar-refractivity contribution in [2.75, 3.05) is 19.7 Å². The first-order valence-electron chi connectivity index (χ1n) is 6.77. The Morgan fingerprint density at radius 1 is 1.42 bits per heavy atom. The van der Waals surface area contributed by atoms with Crippen LogP contribution in [-0.4, -0.2) is 35.8 Å². The van der Waals surface area contributed by atoms with Crippen LogP contribution in [0.3, 0.4) is 0 Å². The molecule has 0 radical (unpaired) electrons. The van der Waals surface area contributed by atoms with Crippen molar-refractivity contribution in [1.29, 1.82) is 0 Å². The maximum Gasteiger partial charge on any atom is 0.410 e. The maximum atomic E-state index is 12.0. The molecule has 19 heavy (non-hydrogen) atoms. The van der Waals surface area contributed by atoms with Crippen LogP contribution in [-0.2, 0) is 11.3 Å². The molecule has 2 rings (SSSR count). The number of rotatable bonds is 3. The predicted molar refractivity (Wildman–Crippen MR) is 72.6 cm³/mol. The highest BCUT2D eigenvalue weighted by molar-refractivity contribution is 5.67. The molecule has 2 atom stereocenters. The van der Waals surface area contributed by atoms with Gasteiger partial charge in [-0.3, -0.25) is 0 Å². The summed E-state index contributed by atoms with van der Waals surface area (Å²) in [6.45, 7) is 3.85. The zero-order valence-corrected chi connectivity index (χ0v) is 11.3. The number of piperidine rings is 1. The first kappa shape index (κ1) is 13.9. The minimum atomic E-state index is -0.283. The molecular formula is C15H21NO3. The van der Waals surface area contributed by atoms with E-state index < -0.39 is 0 Å². The fourth-order valence-corrected chi connectivity index (χ4v) is 2.36. The summed E-state index contributed by atoms with van der Waals surface area (Å²) in [4.78, 5) is 13.7. The number of nitrogens with zero attached hydrogens (tertiary/aromatic N) is 1. The molecule has 1 fully saturated rings. The van der Waals surface area contributed by atoms with Crippen LogP contribution in [0.2, 0.25) is 0 Å². The Kier molecular flexibility index (Phi) is 4.80. The lowest BCUT2D eigenvalue weighted by molar-refractivity contribution is 0.0510. The fraction of sp³-hybridized carbons (Fsp3) is 0.533. The molecule has 4 heteroatoms. The van der Waals surface area contributed by atoms with E-state index in [2.05, 4.69) is 6.92 Å². The highest BCUT2D eigenvalue weighted by Gasteiger charge is 2.29. The average Bonchev–Trinajstić information content (AvgIpc) is 2.46. The van der Waals surface area contributed by atoms with Gasteiger partial charge < -0.3 is 14.7 Å². The molecule has 4 nitrogen and oxygen atoms in total. The Morgan fingerprint density at radius 2 is 2.16 bits per heavy atom. The van der Waals surface area contributed by atoms with Crippen molar-refractivity contribution in [3.63, 3.8) is 0 Å². The van der Waals surface area contributed by atoms with Gasteiger partial charge in [-0.1, -0.05) is 37.3 Å².